The Labute approximate surface area is 395 Å². The summed E-state index contributed by atoms with van der Waals surface area (Å²) in [6.07, 6.45) is 10.8. The van der Waals surface area contributed by atoms with E-state index in [4.69, 9.17) is 9.57 Å². The monoisotopic (exact) mass is 1030 g/mol. The number of carbonyl (C=O) groups is 3. The fraction of sp³-hybridized carbons (Fsp3) is 0.442. The van der Waals surface area contributed by atoms with Gasteiger partial charge < -0.3 is 19.6 Å². The third kappa shape index (κ3) is 15.3. The van der Waals surface area contributed by atoms with Crippen LogP contribution in [0.5, 0.6) is 0 Å². The molecule has 2 atom stereocenters. The van der Waals surface area contributed by atoms with Crippen molar-refractivity contribution in [3.8, 4) is 0 Å². The summed E-state index contributed by atoms with van der Waals surface area (Å²) in [4.78, 5) is 46.3. The molecule has 0 aliphatic carbocycles. The van der Waals surface area contributed by atoms with E-state index in [1.54, 1.807) is 68.2 Å². The number of hydrogen-bond acceptors (Lipinski definition) is 16. The number of hydroxylamine groups is 2. The van der Waals surface area contributed by atoms with Gasteiger partial charge in [0.25, 0.3) is 52.3 Å². The molecule has 0 saturated carbocycles. The van der Waals surface area contributed by atoms with E-state index in [9.17, 15) is 71.4 Å². The number of fused-ring (bicyclic) bond motifs is 1. The molecule has 2 aliphatic heterocycles. The number of aliphatic imine (C=N–C) groups is 1. The molecule has 5 N–H and O–H groups in total. The van der Waals surface area contributed by atoms with Crippen molar-refractivity contribution >= 4 is 69.7 Å². The van der Waals surface area contributed by atoms with Gasteiger partial charge in [-0.3, -0.25) is 32.8 Å². The fourth-order valence-corrected chi connectivity index (χ4v) is 9.99. The molecule has 0 radical (unpaired) electrons. The van der Waals surface area contributed by atoms with Crippen LogP contribution in [0, 0.1) is 6.92 Å². The van der Waals surface area contributed by atoms with E-state index in [-0.39, 0.29) is 77.9 Å². The van der Waals surface area contributed by atoms with Crippen molar-refractivity contribution in [2.45, 2.75) is 86.3 Å². The maximum Gasteiger partial charge on any atom is 0.335 e. The molecule has 2 heterocycles. The van der Waals surface area contributed by atoms with Crippen molar-refractivity contribution < 1.29 is 80.9 Å². The number of nitrogens with zero attached hydrogens (tertiary/aromatic N) is 3. The molecule has 2 aromatic carbocycles. The molecule has 0 spiro atoms. The SMILES string of the molecule is Cc1ccc(S(=O)(=O)O)cc1C(C)(CCCS(=O)(=O)O)C(/C=C/C=C/C=C/C=C1/N(CCOCCC(=O)ON2C(=O)CCC2=O)c2ccc(S(=O)(=O)O)cc2C1(C)CCCS(=O)(=O)O)=N/CCO. The van der Waals surface area contributed by atoms with Crippen LogP contribution in [0.2, 0.25) is 0 Å². The smallest absolute Gasteiger partial charge is 0.335 e. The minimum atomic E-state index is -4.70. The molecule has 68 heavy (non-hydrogen) atoms. The van der Waals surface area contributed by atoms with E-state index >= 15 is 0 Å². The van der Waals surface area contributed by atoms with E-state index in [1.807, 2.05) is 0 Å². The van der Waals surface area contributed by atoms with Gasteiger partial charge >= 0.3 is 5.97 Å². The molecule has 2 aliphatic rings. The molecule has 0 bridgehead atoms. The summed E-state index contributed by atoms with van der Waals surface area (Å²) in [7, 11) is -18.1. The summed E-state index contributed by atoms with van der Waals surface area (Å²) in [5.41, 5.74) is 0.308. The lowest BCUT2D eigenvalue weighted by Crippen LogP contribution is -2.34. The molecular weight excluding hydrogens is 975 g/mol. The van der Waals surface area contributed by atoms with E-state index < -0.39 is 90.4 Å². The highest BCUT2D eigenvalue weighted by atomic mass is 32.2. The lowest BCUT2D eigenvalue weighted by Gasteiger charge is -2.32. The minimum absolute atomic E-state index is 0.0304. The van der Waals surface area contributed by atoms with Gasteiger partial charge in [-0.1, -0.05) is 36.4 Å². The molecule has 4 rings (SSSR count). The fourth-order valence-electron chi connectivity index (χ4n) is 7.96. The zero-order chi connectivity index (χ0) is 50.7. The van der Waals surface area contributed by atoms with Crippen LogP contribution in [-0.2, 0) is 75.3 Å². The second-order valence-corrected chi connectivity index (χ2v) is 22.3. The van der Waals surface area contributed by atoms with Crippen molar-refractivity contribution in [3.63, 3.8) is 0 Å². The standard InChI is InChI=1S/C43H55N3O18S4/c1-31-13-14-32(67(57,58)59)29-34(31)42(2,20-9-27-65(51,52)53)37(44-22-24-47)11-7-5-4-6-8-12-38-43(3,21-10-28-66(54,55)56)35-30-33(68(60,61)62)15-16-36(35)45(38)23-26-63-25-19-41(50)64-46-39(48)17-18-40(46)49/h4-8,11-16,29-30,47H,9-10,17-28H2,1-3H3,(H,51,52,53)(H,54,55,56)(H,57,58,59)(H,60,61,62)/b5-4+,8-6+,11-7+,38-12+,44-37+. The first kappa shape index (κ1) is 55.6. The molecule has 2 amide bonds. The van der Waals surface area contributed by atoms with Crippen LogP contribution in [0.4, 0.5) is 5.69 Å². The zero-order valence-corrected chi connectivity index (χ0v) is 40.7. The largest absolute Gasteiger partial charge is 0.394 e. The number of anilines is 1. The number of hydrogen-bond donors (Lipinski definition) is 5. The molecule has 1 fully saturated rings. The maximum atomic E-state index is 12.3. The first-order valence-corrected chi connectivity index (χ1v) is 27.1. The molecule has 0 aromatic heterocycles. The van der Waals surface area contributed by atoms with Gasteiger partial charge in [-0.15, -0.1) is 5.06 Å². The number of aliphatic hydroxyl groups is 1. The molecule has 25 heteroatoms. The van der Waals surface area contributed by atoms with Crippen molar-refractivity contribution in [3.05, 3.63) is 101 Å². The Morgan fingerprint density at radius 1 is 0.824 bits per heavy atom. The van der Waals surface area contributed by atoms with Crippen molar-refractivity contribution in [2.24, 2.45) is 4.99 Å². The average Bonchev–Trinajstić information content (AvgIpc) is 3.66. The number of carbonyl (C=O) groups excluding carboxylic acids is 3. The zero-order valence-electron chi connectivity index (χ0n) is 37.4. The Bertz CT molecular complexity index is 2820. The molecule has 21 nitrogen and oxygen atoms in total. The Hall–Kier alpha value is -4.96. The van der Waals surface area contributed by atoms with Crippen molar-refractivity contribution in [1.82, 2.24) is 5.06 Å². The number of rotatable bonds is 25. The van der Waals surface area contributed by atoms with Crippen molar-refractivity contribution in [1.29, 1.82) is 0 Å². The summed E-state index contributed by atoms with van der Waals surface area (Å²) >= 11 is 0. The first-order valence-electron chi connectivity index (χ1n) is 21.0. The number of imide groups is 1. The number of allylic oxidation sites excluding steroid dienone is 8. The Balaban J connectivity index is 1.67. The number of benzene rings is 2. The molecule has 2 aromatic rings. The summed E-state index contributed by atoms with van der Waals surface area (Å²) in [5, 5.41) is 10.1. The van der Waals surface area contributed by atoms with Crippen LogP contribution in [0.15, 0.2) is 99.4 Å². The third-order valence-electron chi connectivity index (χ3n) is 11.3. The van der Waals surface area contributed by atoms with E-state index in [1.165, 1.54) is 36.4 Å². The Morgan fingerprint density at radius 3 is 2.03 bits per heavy atom. The Kier molecular flexibility index (Phi) is 18.9. The number of ether oxygens (including phenoxy) is 1. The highest BCUT2D eigenvalue weighted by Crippen LogP contribution is 2.51. The lowest BCUT2D eigenvalue weighted by molar-refractivity contribution is -0.198. The van der Waals surface area contributed by atoms with Crippen LogP contribution in [0.1, 0.15) is 75.5 Å². The number of aliphatic hydroxyl groups excluding tert-OH is 1. The average molecular weight is 1030 g/mol. The van der Waals surface area contributed by atoms with Gasteiger partial charge in [0.05, 0.1) is 54.1 Å². The van der Waals surface area contributed by atoms with Gasteiger partial charge in [0.1, 0.15) is 0 Å². The van der Waals surface area contributed by atoms with Crippen LogP contribution in [0.3, 0.4) is 0 Å². The summed E-state index contributed by atoms with van der Waals surface area (Å²) in [5.74, 6) is -3.39. The van der Waals surface area contributed by atoms with E-state index in [0.29, 0.717) is 38.8 Å². The Morgan fingerprint density at radius 2 is 1.41 bits per heavy atom. The topological polar surface area (TPSA) is 326 Å². The maximum absolute atomic E-state index is 12.3. The third-order valence-corrected chi connectivity index (χ3v) is 14.6. The van der Waals surface area contributed by atoms with Gasteiger partial charge in [0, 0.05) is 47.3 Å². The summed E-state index contributed by atoms with van der Waals surface area (Å²) in [6.45, 7) is 4.53. The molecule has 2 unspecified atom stereocenters. The minimum Gasteiger partial charge on any atom is -0.394 e. The highest BCUT2D eigenvalue weighted by Gasteiger charge is 2.44. The molecular formula is C43H55N3O18S4. The van der Waals surface area contributed by atoms with Crippen LogP contribution in [-0.4, -0.2) is 130 Å². The number of aryl methyl sites for hydroxylation is 1. The lowest BCUT2D eigenvalue weighted by atomic mass is 9.72. The van der Waals surface area contributed by atoms with Gasteiger partial charge in [-0.2, -0.15) is 33.7 Å². The van der Waals surface area contributed by atoms with E-state index in [0.717, 1.165) is 0 Å². The van der Waals surface area contributed by atoms with E-state index in [2.05, 4.69) is 4.99 Å². The van der Waals surface area contributed by atoms with Crippen molar-refractivity contribution in [2.75, 3.05) is 49.3 Å². The quantitative estimate of drug-likeness (QED) is 0.0310. The second-order valence-electron chi connectivity index (χ2n) is 16.3. The van der Waals surface area contributed by atoms with Crippen LogP contribution < -0.4 is 4.90 Å². The first-order chi connectivity index (χ1) is 31.6. The summed E-state index contributed by atoms with van der Waals surface area (Å²) < 4.78 is 140. The number of amides is 2. The van der Waals surface area contributed by atoms with Gasteiger partial charge in [-0.25, -0.2) is 4.79 Å². The van der Waals surface area contributed by atoms with Crippen LogP contribution >= 0.6 is 0 Å². The van der Waals surface area contributed by atoms with Gasteiger partial charge in [0.2, 0.25) is 0 Å². The summed E-state index contributed by atoms with van der Waals surface area (Å²) in [6, 6.07) is 7.86. The second kappa shape index (κ2) is 23.1. The normalized spacial score (nSPS) is 19.0. The molecule has 374 valence electrons. The molecule has 1 saturated heterocycles. The predicted molar refractivity (Wildman–Crippen MR) is 248 cm³/mol. The van der Waals surface area contributed by atoms with Crippen LogP contribution in [0.25, 0.3) is 0 Å². The van der Waals surface area contributed by atoms with Gasteiger partial charge in [-0.05, 0) is 106 Å². The highest BCUT2D eigenvalue weighted by molar-refractivity contribution is 7.86. The predicted octanol–water partition coefficient (Wildman–Crippen LogP) is 3.86. The van der Waals surface area contributed by atoms with Gasteiger partial charge in [0.15, 0.2) is 0 Å².